The number of phenols is 1. The number of nitrogens with one attached hydrogen (secondary N) is 2. The lowest BCUT2D eigenvalue weighted by Gasteiger charge is -2.62. The quantitative estimate of drug-likeness (QED) is 0.0488. The number of nitrogens with two attached hydrogens (primary N) is 1. The van der Waals surface area contributed by atoms with Crippen molar-refractivity contribution in [3.05, 3.63) is 153 Å². The second kappa shape index (κ2) is 24.3. The molecule has 4 aromatic rings. The van der Waals surface area contributed by atoms with Gasteiger partial charge in [-0.25, -0.2) is 0 Å². The molecule has 10 N–H and O–H groups in total. The molecular weight excluding hydrogens is 1070 g/mol. The van der Waals surface area contributed by atoms with Crippen molar-refractivity contribution in [3.8, 4) is 23.3 Å². The third kappa shape index (κ3) is 11.0. The number of aliphatic hydroxyl groups is 5. The number of aromatic amines is 1. The molecular formula is C71H89N3O7S2. The van der Waals surface area contributed by atoms with E-state index in [0.717, 1.165) is 85.8 Å². The van der Waals surface area contributed by atoms with Crippen molar-refractivity contribution in [1.29, 1.82) is 0 Å². The monoisotopic (exact) mass is 1160 g/mol. The molecule has 2 spiro atoms. The molecule has 17 atom stereocenters. The van der Waals surface area contributed by atoms with Crippen LogP contribution in [0.3, 0.4) is 0 Å². The molecule has 3 saturated carbocycles. The number of ether oxygens (including phenoxy) is 1. The molecule has 7 aliphatic carbocycles. The summed E-state index contributed by atoms with van der Waals surface area (Å²) in [6.45, 7) is 2.59. The molecule has 3 heterocycles. The van der Waals surface area contributed by atoms with E-state index in [4.69, 9.17) is 10.5 Å². The molecule has 442 valence electrons. The number of rotatable bonds is 7. The van der Waals surface area contributed by atoms with E-state index < -0.39 is 53.7 Å². The lowest BCUT2D eigenvalue weighted by atomic mass is 9.42. The van der Waals surface area contributed by atoms with Crippen LogP contribution in [-0.2, 0) is 25.7 Å². The van der Waals surface area contributed by atoms with Crippen molar-refractivity contribution in [2.45, 2.75) is 165 Å². The van der Waals surface area contributed by atoms with Crippen LogP contribution in [0.25, 0.3) is 0 Å². The molecule has 12 heteroatoms. The van der Waals surface area contributed by atoms with E-state index in [1.165, 1.54) is 42.4 Å². The number of dihydropyridines is 1. The van der Waals surface area contributed by atoms with Crippen molar-refractivity contribution in [2.75, 3.05) is 24.7 Å². The summed E-state index contributed by atoms with van der Waals surface area (Å²) in [5.74, 6) is 10.1. The highest BCUT2D eigenvalue weighted by atomic mass is 33.1. The van der Waals surface area contributed by atoms with Gasteiger partial charge in [0, 0.05) is 77.1 Å². The van der Waals surface area contributed by atoms with E-state index >= 15 is 0 Å². The van der Waals surface area contributed by atoms with Gasteiger partial charge >= 0.3 is 0 Å². The van der Waals surface area contributed by atoms with Gasteiger partial charge in [-0.2, -0.15) is 0 Å². The zero-order valence-corrected chi connectivity index (χ0v) is 50.1. The Kier molecular flexibility index (Phi) is 16.8. The summed E-state index contributed by atoms with van der Waals surface area (Å²) in [5, 5.41) is 77.0. The summed E-state index contributed by atoms with van der Waals surface area (Å²) >= 11 is 0. The minimum Gasteiger partial charge on any atom is -0.504 e. The van der Waals surface area contributed by atoms with Crippen LogP contribution < -0.4 is 15.8 Å². The number of aliphatic hydroxyl groups excluding tert-OH is 5. The van der Waals surface area contributed by atoms with Crippen LogP contribution >= 0.6 is 21.6 Å². The molecule has 13 rings (SSSR count). The molecule has 83 heavy (non-hydrogen) atoms. The maximum atomic E-state index is 12.9. The van der Waals surface area contributed by atoms with Gasteiger partial charge in [-0.15, -0.1) is 0 Å². The number of H-pyrrole nitrogens is 1. The van der Waals surface area contributed by atoms with E-state index in [-0.39, 0.29) is 53.1 Å². The van der Waals surface area contributed by atoms with Crippen LogP contribution in [0.4, 0.5) is 0 Å². The maximum absolute atomic E-state index is 12.9. The zero-order chi connectivity index (χ0) is 57.0. The SMILES string of the molecule is CCC1Cc2cc(O)c(OC3CC(Cc4ccc[nH]4)C4=CCNC(N)=C4CSSCC(CO)C3O)cc2C2CC(O)C3C(C#CC4(CCCCC3O)CC(c3ccccc3)C3Cc5ccccc5CC5(CCCC5)C5CCC(O)C4C35)C=C12. The molecule has 4 fully saturated rings. The molecule has 9 aliphatic rings. The Morgan fingerprint density at radius 3 is 2.41 bits per heavy atom. The molecule has 1 saturated heterocycles. The summed E-state index contributed by atoms with van der Waals surface area (Å²) in [5.41, 5.74) is 17.3. The minimum atomic E-state index is -1.06. The van der Waals surface area contributed by atoms with Crippen LogP contribution in [0, 0.1) is 75.9 Å². The average Bonchev–Trinajstić information content (AvgIpc) is 2.08. The molecule has 0 bridgehead atoms. The van der Waals surface area contributed by atoms with Crippen LogP contribution in [-0.4, -0.2) is 90.8 Å². The van der Waals surface area contributed by atoms with E-state index in [2.05, 4.69) is 102 Å². The lowest BCUT2D eigenvalue weighted by molar-refractivity contribution is -0.141. The van der Waals surface area contributed by atoms with Crippen LogP contribution in [0.5, 0.6) is 11.5 Å². The number of aromatic hydroxyl groups is 1. The Morgan fingerprint density at radius 2 is 1.61 bits per heavy atom. The van der Waals surface area contributed by atoms with Gasteiger partial charge in [-0.1, -0.05) is 138 Å². The Hall–Kier alpha value is -4.58. The fraction of sp³-hybridized carbons (Fsp3) is 0.577. The van der Waals surface area contributed by atoms with Crippen molar-refractivity contribution in [2.24, 2.45) is 69.8 Å². The van der Waals surface area contributed by atoms with Gasteiger partial charge in [0.05, 0.1) is 24.4 Å². The Bertz CT molecular complexity index is 3110. The van der Waals surface area contributed by atoms with Crippen molar-refractivity contribution < 1.29 is 35.4 Å². The number of hydrogen-bond donors (Lipinski definition) is 9. The molecule has 0 radical (unpaired) electrons. The number of aromatic nitrogens is 1. The summed E-state index contributed by atoms with van der Waals surface area (Å²) in [6.07, 6.45) is 18.7. The summed E-state index contributed by atoms with van der Waals surface area (Å²) in [7, 11) is 3.28. The highest BCUT2D eigenvalue weighted by Crippen LogP contribution is 2.67. The lowest BCUT2D eigenvalue weighted by Crippen LogP contribution is -2.59. The van der Waals surface area contributed by atoms with Gasteiger partial charge in [0.25, 0.3) is 0 Å². The van der Waals surface area contributed by atoms with Gasteiger partial charge in [-0.05, 0) is 188 Å². The highest BCUT2D eigenvalue weighted by molar-refractivity contribution is 8.76. The van der Waals surface area contributed by atoms with Crippen molar-refractivity contribution in [3.63, 3.8) is 0 Å². The molecule has 3 aromatic carbocycles. The number of hydrogen-bond acceptors (Lipinski definition) is 11. The molecule has 10 nitrogen and oxygen atoms in total. The third-order valence-electron chi connectivity index (χ3n) is 22.8. The van der Waals surface area contributed by atoms with Gasteiger partial charge in [0.2, 0.25) is 0 Å². The summed E-state index contributed by atoms with van der Waals surface area (Å²) in [6, 6.07) is 28.5. The van der Waals surface area contributed by atoms with Crippen LogP contribution in [0.1, 0.15) is 142 Å². The van der Waals surface area contributed by atoms with Gasteiger partial charge in [0.1, 0.15) is 11.9 Å². The van der Waals surface area contributed by atoms with E-state index in [1.54, 1.807) is 27.2 Å². The second-order valence-corrected chi connectivity index (χ2v) is 29.6. The smallest absolute Gasteiger partial charge is 0.161 e. The van der Waals surface area contributed by atoms with Crippen molar-refractivity contribution in [1.82, 2.24) is 10.3 Å². The number of fused-ring (bicyclic) bond motifs is 8. The molecule has 1 aromatic heterocycles. The van der Waals surface area contributed by atoms with Crippen LogP contribution in [0.15, 0.2) is 120 Å². The minimum absolute atomic E-state index is 0.00257. The summed E-state index contributed by atoms with van der Waals surface area (Å²) in [4.78, 5) is 3.40. The maximum Gasteiger partial charge on any atom is 0.161 e. The first-order chi connectivity index (χ1) is 40.4. The predicted octanol–water partition coefficient (Wildman–Crippen LogP) is 11.5. The standard InChI is InChI=1S/C71H89N3O7S2/c1-2-42-29-47-33-61(78)63(81-64-34-48(30-50-17-12-27-73-50)51-22-28-74-69(72)57(51)41-83-82-40-49(39-75)68(64)80)36-53(47)54-35-62(79)65-45(32-52(42)54)21-26-71(25-9-8-18-59(65)76)38-56(43-13-4-3-5-14-43)55-31-44-15-6-7-16-46(44)37-70(23-10-11-24-70)58-19-20-60(77)67(71)66(55)58/h3-7,12-17,22,27,32-33,36,42,45,48-49,54-56,58-60,62,64-68,73-80H,2,8-11,18-20,23-25,28-31,34-35,37-41,72H2,1H3. The average molecular weight is 1160 g/mol. The fourth-order valence-electron chi connectivity index (χ4n) is 18.9. The Balaban J connectivity index is 0.893. The largest absolute Gasteiger partial charge is 0.504 e. The Morgan fingerprint density at radius 1 is 0.807 bits per heavy atom. The fourth-order valence-corrected chi connectivity index (χ4v) is 21.4. The predicted molar refractivity (Wildman–Crippen MR) is 332 cm³/mol. The van der Waals surface area contributed by atoms with Gasteiger partial charge in [-0.3, -0.25) is 0 Å². The Labute approximate surface area is 500 Å². The first-order valence-electron chi connectivity index (χ1n) is 32.0. The van der Waals surface area contributed by atoms with Gasteiger partial charge < -0.3 is 51.4 Å². The van der Waals surface area contributed by atoms with E-state index in [0.29, 0.717) is 73.7 Å². The van der Waals surface area contributed by atoms with E-state index in [1.807, 2.05) is 24.4 Å². The van der Waals surface area contributed by atoms with Gasteiger partial charge in [0.15, 0.2) is 11.5 Å². The molecule has 17 unspecified atom stereocenters. The first kappa shape index (κ1) is 57.5. The zero-order valence-electron chi connectivity index (χ0n) is 48.5. The molecule has 2 aliphatic heterocycles. The normalized spacial score (nSPS) is 36.8. The van der Waals surface area contributed by atoms with Crippen molar-refractivity contribution >= 4 is 21.6 Å². The summed E-state index contributed by atoms with van der Waals surface area (Å²) < 4.78 is 7.04. The highest BCUT2D eigenvalue weighted by Gasteiger charge is 2.62. The van der Waals surface area contributed by atoms with Crippen LogP contribution in [0.2, 0.25) is 0 Å². The third-order valence-corrected chi connectivity index (χ3v) is 25.2. The molecule has 0 amide bonds. The second-order valence-electron chi connectivity index (χ2n) is 27.1. The number of phenolic OH excluding ortho intramolecular Hbond substituents is 1. The number of benzene rings is 3. The van der Waals surface area contributed by atoms with E-state index in [9.17, 15) is 30.6 Å². The number of allylic oxidation sites excluding steroid dienone is 3. The topological polar surface area (TPSA) is 184 Å². The first-order valence-corrected chi connectivity index (χ1v) is 34.4.